The third-order valence-electron chi connectivity index (χ3n) is 4.63. The van der Waals surface area contributed by atoms with Crippen LogP contribution < -0.4 is 0 Å². The van der Waals surface area contributed by atoms with Gasteiger partial charge in [0.1, 0.15) is 0 Å². The van der Waals surface area contributed by atoms with Crippen molar-refractivity contribution in [2.75, 3.05) is 7.11 Å². The molecule has 0 fully saturated rings. The van der Waals surface area contributed by atoms with Crippen LogP contribution in [-0.4, -0.2) is 18.1 Å². The standard InChI is InChI=1S/C23H19NO2/c1-26-23(25)18-13-11-17(12-14-18)22-20(15-16-7-3-2-4-8-16)19-9-5-6-10-21(19)24-22/h2-14,24H,15H2,1H3. The molecule has 0 amide bonds. The van der Waals surface area contributed by atoms with Crippen LogP contribution in [0.4, 0.5) is 0 Å². The molecule has 3 aromatic carbocycles. The number of ether oxygens (including phenoxy) is 1. The topological polar surface area (TPSA) is 42.1 Å². The van der Waals surface area contributed by atoms with Crippen molar-refractivity contribution in [1.29, 1.82) is 0 Å². The van der Waals surface area contributed by atoms with Gasteiger partial charge in [-0.1, -0.05) is 60.7 Å². The summed E-state index contributed by atoms with van der Waals surface area (Å²) >= 11 is 0. The highest BCUT2D eigenvalue weighted by Gasteiger charge is 2.14. The molecule has 3 heteroatoms. The molecular formula is C23H19NO2. The highest BCUT2D eigenvalue weighted by atomic mass is 16.5. The molecule has 1 heterocycles. The number of carbonyl (C=O) groups is 1. The number of hydrogen-bond donors (Lipinski definition) is 1. The first kappa shape index (κ1) is 16.2. The molecule has 4 rings (SSSR count). The molecule has 128 valence electrons. The fourth-order valence-electron chi connectivity index (χ4n) is 3.32. The maximum Gasteiger partial charge on any atom is 0.337 e. The largest absolute Gasteiger partial charge is 0.465 e. The lowest BCUT2D eigenvalue weighted by Crippen LogP contribution is -2.00. The van der Waals surface area contributed by atoms with E-state index in [0.29, 0.717) is 5.56 Å². The summed E-state index contributed by atoms with van der Waals surface area (Å²) in [7, 11) is 1.39. The van der Waals surface area contributed by atoms with Crippen molar-refractivity contribution in [1.82, 2.24) is 4.98 Å². The van der Waals surface area contributed by atoms with Crippen molar-refractivity contribution in [2.45, 2.75) is 6.42 Å². The molecule has 0 saturated heterocycles. The molecule has 4 aromatic rings. The Balaban J connectivity index is 1.81. The quantitative estimate of drug-likeness (QED) is 0.518. The summed E-state index contributed by atoms with van der Waals surface area (Å²) in [6.07, 6.45) is 0.846. The number of benzene rings is 3. The maximum atomic E-state index is 11.7. The van der Waals surface area contributed by atoms with E-state index in [9.17, 15) is 4.79 Å². The van der Waals surface area contributed by atoms with Gasteiger partial charge in [0.05, 0.1) is 18.4 Å². The first-order chi connectivity index (χ1) is 12.8. The van der Waals surface area contributed by atoms with E-state index < -0.39 is 0 Å². The Hall–Kier alpha value is -3.33. The number of H-pyrrole nitrogens is 1. The van der Waals surface area contributed by atoms with Gasteiger partial charge in [0.15, 0.2) is 0 Å². The minimum Gasteiger partial charge on any atom is -0.465 e. The van der Waals surface area contributed by atoms with Crippen molar-refractivity contribution >= 4 is 16.9 Å². The monoisotopic (exact) mass is 341 g/mol. The van der Waals surface area contributed by atoms with Gasteiger partial charge < -0.3 is 9.72 Å². The highest BCUT2D eigenvalue weighted by Crippen LogP contribution is 2.32. The van der Waals surface area contributed by atoms with Crippen LogP contribution >= 0.6 is 0 Å². The fraction of sp³-hybridized carbons (Fsp3) is 0.0870. The van der Waals surface area contributed by atoms with E-state index >= 15 is 0 Å². The third-order valence-corrected chi connectivity index (χ3v) is 4.63. The van der Waals surface area contributed by atoms with Gasteiger partial charge in [0.25, 0.3) is 0 Å². The van der Waals surface area contributed by atoms with Gasteiger partial charge >= 0.3 is 5.97 Å². The van der Waals surface area contributed by atoms with Crippen molar-refractivity contribution < 1.29 is 9.53 Å². The van der Waals surface area contributed by atoms with E-state index in [0.717, 1.165) is 23.2 Å². The second kappa shape index (κ2) is 6.89. The number of esters is 1. The van der Waals surface area contributed by atoms with Gasteiger partial charge in [-0.2, -0.15) is 0 Å². The molecule has 0 aliphatic carbocycles. The minimum absolute atomic E-state index is 0.322. The third kappa shape index (κ3) is 3.00. The van der Waals surface area contributed by atoms with E-state index in [4.69, 9.17) is 4.74 Å². The van der Waals surface area contributed by atoms with Crippen LogP contribution in [-0.2, 0) is 11.2 Å². The number of aromatic nitrogens is 1. The van der Waals surface area contributed by atoms with E-state index in [1.54, 1.807) is 12.1 Å². The van der Waals surface area contributed by atoms with Crippen LogP contribution in [0, 0.1) is 0 Å². The fourth-order valence-corrected chi connectivity index (χ4v) is 3.32. The Bertz CT molecular complexity index is 1050. The number of fused-ring (bicyclic) bond motifs is 1. The summed E-state index contributed by atoms with van der Waals surface area (Å²) in [5.74, 6) is -0.322. The summed E-state index contributed by atoms with van der Waals surface area (Å²) in [5, 5.41) is 1.23. The molecule has 1 aromatic heterocycles. The normalized spacial score (nSPS) is 10.8. The number of para-hydroxylation sites is 1. The molecular weight excluding hydrogens is 322 g/mol. The lowest BCUT2D eigenvalue weighted by molar-refractivity contribution is 0.0601. The van der Waals surface area contributed by atoms with Crippen LogP contribution in [0.1, 0.15) is 21.5 Å². The molecule has 0 aliphatic heterocycles. The smallest absolute Gasteiger partial charge is 0.337 e. The van der Waals surface area contributed by atoms with E-state index in [1.807, 2.05) is 24.3 Å². The van der Waals surface area contributed by atoms with Gasteiger partial charge in [-0.25, -0.2) is 4.79 Å². The summed E-state index contributed by atoms with van der Waals surface area (Å²) in [4.78, 5) is 15.2. The SMILES string of the molecule is COC(=O)c1ccc(-c2[nH]c3ccccc3c2Cc2ccccc2)cc1. The average Bonchev–Trinajstić information content (AvgIpc) is 3.07. The molecule has 0 atom stereocenters. The van der Waals surface area contributed by atoms with E-state index in [2.05, 4.69) is 47.4 Å². The summed E-state index contributed by atoms with van der Waals surface area (Å²) in [6, 6.07) is 26.3. The number of aromatic amines is 1. The van der Waals surface area contributed by atoms with Crippen molar-refractivity contribution in [3.05, 3.63) is 95.6 Å². The van der Waals surface area contributed by atoms with Gasteiger partial charge in [0, 0.05) is 17.3 Å². The first-order valence-corrected chi connectivity index (χ1v) is 8.58. The zero-order valence-electron chi connectivity index (χ0n) is 14.5. The van der Waals surface area contributed by atoms with Crippen LogP contribution in [0.2, 0.25) is 0 Å². The van der Waals surface area contributed by atoms with Crippen LogP contribution in [0.25, 0.3) is 22.2 Å². The number of methoxy groups -OCH3 is 1. The Kier molecular flexibility index (Phi) is 4.28. The predicted octanol–water partition coefficient (Wildman–Crippen LogP) is 5.21. The molecule has 1 N–H and O–H groups in total. The summed E-state index contributed by atoms with van der Waals surface area (Å²) < 4.78 is 4.79. The lowest BCUT2D eigenvalue weighted by atomic mass is 9.98. The number of hydrogen-bond acceptors (Lipinski definition) is 2. The van der Waals surface area contributed by atoms with Crippen LogP contribution in [0.3, 0.4) is 0 Å². The first-order valence-electron chi connectivity index (χ1n) is 8.58. The average molecular weight is 341 g/mol. The molecule has 0 bridgehead atoms. The zero-order valence-corrected chi connectivity index (χ0v) is 14.5. The Morgan fingerprint density at radius 2 is 1.58 bits per heavy atom. The molecule has 0 spiro atoms. The number of carbonyl (C=O) groups excluding carboxylic acids is 1. The van der Waals surface area contributed by atoms with Crippen molar-refractivity contribution in [3.63, 3.8) is 0 Å². The van der Waals surface area contributed by atoms with E-state index in [1.165, 1.54) is 23.6 Å². The molecule has 26 heavy (non-hydrogen) atoms. The molecule has 0 radical (unpaired) electrons. The summed E-state index contributed by atoms with van der Waals surface area (Å²) in [5.41, 5.74) is 6.34. The van der Waals surface area contributed by atoms with Gasteiger partial charge in [-0.15, -0.1) is 0 Å². The molecule has 0 saturated carbocycles. The number of nitrogens with one attached hydrogen (secondary N) is 1. The Morgan fingerprint density at radius 1 is 0.885 bits per heavy atom. The molecule has 0 unspecified atom stereocenters. The van der Waals surface area contributed by atoms with Gasteiger partial charge in [0.2, 0.25) is 0 Å². The lowest BCUT2D eigenvalue weighted by Gasteiger charge is -2.07. The Morgan fingerprint density at radius 3 is 2.31 bits per heavy atom. The van der Waals surface area contributed by atoms with Crippen LogP contribution in [0.15, 0.2) is 78.9 Å². The highest BCUT2D eigenvalue weighted by molar-refractivity contribution is 5.93. The molecule has 0 aliphatic rings. The second-order valence-electron chi connectivity index (χ2n) is 6.26. The summed E-state index contributed by atoms with van der Waals surface area (Å²) in [6.45, 7) is 0. The van der Waals surface area contributed by atoms with Crippen molar-refractivity contribution in [3.8, 4) is 11.3 Å². The maximum absolute atomic E-state index is 11.7. The Labute approximate surface area is 152 Å². The van der Waals surface area contributed by atoms with Gasteiger partial charge in [-0.05, 0) is 34.9 Å². The zero-order chi connectivity index (χ0) is 17.9. The minimum atomic E-state index is -0.322. The van der Waals surface area contributed by atoms with Crippen molar-refractivity contribution in [2.24, 2.45) is 0 Å². The predicted molar refractivity (Wildman–Crippen MR) is 104 cm³/mol. The van der Waals surface area contributed by atoms with E-state index in [-0.39, 0.29) is 5.97 Å². The second-order valence-corrected chi connectivity index (χ2v) is 6.26. The molecule has 3 nitrogen and oxygen atoms in total. The number of rotatable bonds is 4. The van der Waals surface area contributed by atoms with Crippen LogP contribution in [0.5, 0.6) is 0 Å². The van der Waals surface area contributed by atoms with Gasteiger partial charge in [-0.3, -0.25) is 0 Å².